The summed E-state index contributed by atoms with van der Waals surface area (Å²) in [7, 11) is 1.49. The number of halogens is 3. The topological polar surface area (TPSA) is 70.1 Å². The number of hydrogen-bond donors (Lipinski definition) is 3. The highest BCUT2D eigenvalue weighted by molar-refractivity contribution is 5.48. The summed E-state index contributed by atoms with van der Waals surface area (Å²) in [4.78, 5) is 6.92. The van der Waals surface area contributed by atoms with Gasteiger partial charge in [-0.3, -0.25) is 0 Å². The quantitative estimate of drug-likeness (QED) is 0.749. The molecule has 2 unspecified atom stereocenters. The monoisotopic (exact) mass is 304 g/mol. The molecular weight excluding hydrogens is 285 g/mol. The third-order valence-electron chi connectivity index (χ3n) is 3.55. The van der Waals surface area contributed by atoms with Crippen LogP contribution in [0.15, 0.2) is 6.07 Å². The van der Waals surface area contributed by atoms with Crippen LogP contribution in [-0.4, -0.2) is 34.3 Å². The van der Waals surface area contributed by atoms with Gasteiger partial charge in [0.2, 0.25) is 5.82 Å². The summed E-state index contributed by atoms with van der Waals surface area (Å²) in [6.07, 6.45) is -0.937. The van der Waals surface area contributed by atoms with Crippen molar-refractivity contribution in [3.63, 3.8) is 0 Å². The van der Waals surface area contributed by atoms with Crippen molar-refractivity contribution in [1.29, 1.82) is 0 Å². The number of nitrogens with zero attached hydrogens (tertiary/aromatic N) is 2. The van der Waals surface area contributed by atoms with E-state index in [4.69, 9.17) is 0 Å². The predicted octanol–water partition coefficient (Wildman–Crippen LogP) is 2.64. The lowest BCUT2D eigenvalue weighted by Gasteiger charge is -2.23. The van der Waals surface area contributed by atoms with E-state index in [1.807, 2.05) is 0 Å². The third kappa shape index (κ3) is 4.20. The number of rotatable bonds is 3. The van der Waals surface area contributed by atoms with Crippen molar-refractivity contribution >= 4 is 11.6 Å². The minimum atomic E-state index is -4.61. The summed E-state index contributed by atoms with van der Waals surface area (Å²) >= 11 is 0. The van der Waals surface area contributed by atoms with Crippen molar-refractivity contribution in [3.8, 4) is 0 Å². The molecule has 2 atom stereocenters. The van der Waals surface area contributed by atoms with Crippen molar-refractivity contribution < 1.29 is 18.3 Å². The van der Waals surface area contributed by atoms with E-state index in [2.05, 4.69) is 20.6 Å². The van der Waals surface area contributed by atoms with Crippen LogP contribution in [-0.2, 0) is 6.18 Å². The van der Waals surface area contributed by atoms with Gasteiger partial charge in [-0.2, -0.15) is 13.2 Å². The van der Waals surface area contributed by atoms with Crippen LogP contribution in [0.1, 0.15) is 37.9 Å². The van der Waals surface area contributed by atoms with E-state index in [-0.39, 0.29) is 17.7 Å². The summed E-state index contributed by atoms with van der Waals surface area (Å²) in [5.41, 5.74) is 0. The van der Waals surface area contributed by atoms with Gasteiger partial charge in [-0.1, -0.05) is 19.3 Å². The molecule has 0 spiro atoms. The lowest BCUT2D eigenvalue weighted by Crippen LogP contribution is -2.33. The number of nitrogens with one attached hydrogen (secondary N) is 2. The predicted molar refractivity (Wildman–Crippen MR) is 73.1 cm³/mol. The standard InChI is InChI=1S/C13H19F3N4O/c1-17-10-7-11(20-12(19-10)13(14,15)16)18-8-5-3-2-4-6-9(8)21/h7-9,21H,2-6H2,1H3,(H2,17,18,19,20). The fourth-order valence-electron chi connectivity index (χ4n) is 2.42. The molecule has 0 bridgehead atoms. The average molecular weight is 304 g/mol. The Bertz CT molecular complexity index is 481. The first-order valence-corrected chi connectivity index (χ1v) is 6.99. The molecule has 0 aliphatic heterocycles. The highest BCUT2D eigenvalue weighted by Gasteiger charge is 2.35. The molecule has 1 saturated carbocycles. The second-order valence-electron chi connectivity index (χ2n) is 5.17. The highest BCUT2D eigenvalue weighted by atomic mass is 19.4. The molecule has 0 radical (unpaired) electrons. The van der Waals surface area contributed by atoms with Gasteiger partial charge in [0, 0.05) is 13.1 Å². The van der Waals surface area contributed by atoms with Gasteiger partial charge in [0.1, 0.15) is 11.6 Å². The Hall–Kier alpha value is -1.57. The summed E-state index contributed by atoms with van der Waals surface area (Å²) in [5.74, 6) is -1.03. The molecule has 8 heteroatoms. The molecule has 1 aliphatic rings. The van der Waals surface area contributed by atoms with Crippen LogP contribution >= 0.6 is 0 Å². The van der Waals surface area contributed by atoms with Gasteiger partial charge in [-0.15, -0.1) is 0 Å². The van der Waals surface area contributed by atoms with Crippen molar-refractivity contribution in [3.05, 3.63) is 11.9 Å². The van der Waals surface area contributed by atoms with E-state index < -0.39 is 18.1 Å². The Morgan fingerprint density at radius 2 is 1.81 bits per heavy atom. The van der Waals surface area contributed by atoms with Gasteiger partial charge in [0.05, 0.1) is 12.1 Å². The third-order valence-corrected chi connectivity index (χ3v) is 3.55. The van der Waals surface area contributed by atoms with Gasteiger partial charge < -0.3 is 15.7 Å². The zero-order valence-electron chi connectivity index (χ0n) is 11.7. The molecule has 1 heterocycles. The minimum absolute atomic E-state index is 0.0765. The summed E-state index contributed by atoms with van der Waals surface area (Å²) < 4.78 is 38.3. The maximum absolute atomic E-state index is 12.8. The molecular formula is C13H19F3N4O. The summed E-state index contributed by atoms with van der Waals surface area (Å²) in [6.45, 7) is 0. The average Bonchev–Trinajstić information content (AvgIpc) is 2.63. The lowest BCUT2D eigenvalue weighted by atomic mass is 10.1. The normalized spacial score (nSPS) is 23.5. The van der Waals surface area contributed by atoms with Gasteiger partial charge in [0.15, 0.2) is 0 Å². The molecule has 1 aromatic heterocycles. The Kier molecular flexibility index (Phi) is 4.87. The second kappa shape index (κ2) is 6.46. The summed E-state index contributed by atoms with van der Waals surface area (Å²) in [6, 6.07) is 1.13. The number of aliphatic hydroxyl groups excluding tert-OH is 1. The Morgan fingerprint density at radius 3 is 2.48 bits per heavy atom. The molecule has 1 fully saturated rings. The molecule has 1 aromatic rings. The van der Waals surface area contributed by atoms with Crippen molar-refractivity contribution in [2.24, 2.45) is 0 Å². The maximum atomic E-state index is 12.8. The zero-order valence-corrected chi connectivity index (χ0v) is 11.7. The van der Waals surface area contributed by atoms with Crippen LogP contribution < -0.4 is 10.6 Å². The number of alkyl halides is 3. The van der Waals surface area contributed by atoms with Crippen molar-refractivity contribution in [2.75, 3.05) is 17.7 Å². The number of anilines is 2. The first-order valence-electron chi connectivity index (χ1n) is 6.99. The Morgan fingerprint density at radius 1 is 1.14 bits per heavy atom. The van der Waals surface area contributed by atoms with E-state index in [9.17, 15) is 18.3 Å². The number of aromatic nitrogens is 2. The van der Waals surface area contributed by atoms with E-state index in [1.165, 1.54) is 13.1 Å². The van der Waals surface area contributed by atoms with Gasteiger partial charge in [-0.25, -0.2) is 9.97 Å². The van der Waals surface area contributed by atoms with Crippen molar-refractivity contribution in [1.82, 2.24) is 9.97 Å². The Labute approximate surface area is 121 Å². The van der Waals surface area contributed by atoms with Gasteiger partial charge in [0.25, 0.3) is 0 Å². The summed E-state index contributed by atoms with van der Waals surface area (Å²) in [5, 5.41) is 15.5. The smallest absolute Gasteiger partial charge is 0.391 e. The van der Waals surface area contributed by atoms with Crippen LogP contribution in [0.5, 0.6) is 0 Å². The highest BCUT2D eigenvalue weighted by Crippen LogP contribution is 2.29. The van der Waals surface area contributed by atoms with Crippen LogP contribution in [0.3, 0.4) is 0 Å². The molecule has 0 aromatic carbocycles. The molecule has 5 nitrogen and oxygen atoms in total. The zero-order chi connectivity index (χ0) is 15.5. The van der Waals surface area contributed by atoms with E-state index >= 15 is 0 Å². The Balaban J connectivity index is 2.22. The molecule has 21 heavy (non-hydrogen) atoms. The van der Waals surface area contributed by atoms with Crippen LogP contribution in [0.25, 0.3) is 0 Å². The van der Waals surface area contributed by atoms with Gasteiger partial charge >= 0.3 is 6.18 Å². The van der Waals surface area contributed by atoms with Crippen LogP contribution in [0.2, 0.25) is 0 Å². The lowest BCUT2D eigenvalue weighted by molar-refractivity contribution is -0.144. The molecule has 3 N–H and O–H groups in total. The van der Waals surface area contributed by atoms with Gasteiger partial charge in [-0.05, 0) is 12.8 Å². The second-order valence-corrected chi connectivity index (χ2v) is 5.17. The van der Waals surface area contributed by atoms with Crippen LogP contribution in [0, 0.1) is 0 Å². The minimum Gasteiger partial charge on any atom is -0.391 e. The molecule has 0 amide bonds. The van der Waals surface area contributed by atoms with Crippen molar-refractivity contribution in [2.45, 2.75) is 50.4 Å². The number of aliphatic hydroxyl groups is 1. The van der Waals surface area contributed by atoms with E-state index in [0.717, 1.165) is 19.3 Å². The fourth-order valence-corrected chi connectivity index (χ4v) is 2.42. The largest absolute Gasteiger partial charge is 0.451 e. The number of hydrogen-bond acceptors (Lipinski definition) is 5. The first-order chi connectivity index (χ1) is 9.90. The SMILES string of the molecule is CNc1cc(NC2CCCCCC2O)nc(C(F)(F)F)n1. The molecule has 2 rings (SSSR count). The fraction of sp³-hybridized carbons (Fsp3) is 0.692. The first kappa shape index (κ1) is 15.8. The van der Waals surface area contributed by atoms with E-state index in [1.54, 1.807) is 0 Å². The van der Waals surface area contributed by atoms with Crippen LogP contribution in [0.4, 0.5) is 24.8 Å². The molecule has 1 aliphatic carbocycles. The molecule has 0 saturated heterocycles. The maximum Gasteiger partial charge on any atom is 0.451 e. The van der Waals surface area contributed by atoms with E-state index in [0.29, 0.717) is 12.8 Å². The molecule has 118 valence electrons.